The molecule has 18 heavy (non-hydrogen) atoms. The molecule has 3 aromatic rings. The maximum atomic E-state index is 6.00. The third kappa shape index (κ3) is 1.53. The third-order valence-corrected chi connectivity index (χ3v) is 4.31. The van der Waals surface area contributed by atoms with Gasteiger partial charge in [0.05, 0.1) is 11.9 Å². The van der Waals surface area contributed by atoms with Gasteiger partial charge in [0.2, 0.25) is 0 Å². The van der Waals surface area contributed by atoms with Crippen LogP contribution in [0.4, 0.5) is 5.82 Å². The van der Waals surface area contributed by atoms with Crippen molar-refractivity contribution in [3.63, 3.8) is 0 Å². The summed E-state index contributed by atoms with van der Waals surface area (Å²) >= 11 is 1.68. The van der Waals surface area contributed by atoms with E-state index in [1.54, 1.807) is 17.5 Å². The summed E-state index contributed by atoms with van der Waals surface area (Å²) in [6.07, 6.45) is 1.72. The number of anilines is 1. The summed E-state index contributed by atoms with van der Waals surface area (Å²) in [5.41, 5.74) is 11.0. The number of hydrogen-bond acceptors (Lipinski definition) is 3. The average molecular weight is 257 g/mol. The lowest BCUT2D eigenvalue weighted by atomic mass is 10.0. The predicted octanol–water partition coefficient (Wildman–Crippen LogP) is 3.57. The first-order valence-corrected chi connectivity index (χ1v) is 6.69. The minimum absolute atomic E-state index is 0.697. The fraction of sp³-hybridized carbons (Fsp3) is 0.214. The third-order valence-electron chi connectivity index (χ3n) is 3.34. The molecule has 0 unspecified atom stereocenters. The summed E-state index contributed by atoms with van der Waals surface area (Å²) < 4.78 is 2.03. The van der Waals surface area contributed by atoms with Crippen molar-refractivity contribution in [3.05, 3.63) is 40.4 Å². The van der Waals surface area contributed by atoms with E-state index in [0.29, 0.717) is 5.82 Å². The number of nitrogens with two attached hydrogens (primary N) is 1. The van der Waals surface area contributed by atoms with E-state index >= 15 is 0 Å². The fourth-order valence-electron chi connectivity index (χ4n) is 2.21. The SMILES string of the molecule is Cc1ccc(-c2c(C)sc3ncc(N)n23)cc1C. The van der Waals surface area contributed by atoms with Crippen LogP contribution in [0.25, 0.3) is 16.2 Å². The van der Waals surface area contributed by atoms with E-state index in [0.717, 1.165) is 10.7 Å². The van der Waals surface area contributed by atoms with Gasteiger partial charge in [-0.05, 0) is 38.0 Å². The summed E-state index contributed by atoms with van der Waals surface area (Å²) in [5.74, 6) is 0.697. The molecule has 0 atom stereocenters. The van der Waals surface area contributed by atoms with E-state index in [1.807, 2.05) is 4.40 Å². The molecule has 0 radical (unpaired) electrons. The highest BCUT2D eigenvalue weighted by molar-refractivity contribution is 7.17. The lowest BCUT2D eigenvalue weighted by molar-refractivity contribution is 1.22. The van der Waals surface area contributed by atoms with Crippen molar-refractivity contribution >= 4 is 22.1 Å². The predicted molar refractivity (Wildman–Crippen MR) is 77.1 cm³/mol. The highest BCUT2D eigenvalue weighted by Gasteiger charge is 2.14. The second-order valence-corrected chi connectivity index (χ2v) is 5.79. The van der Waals surface area contributed by atoms with E-state index in [9.17, 15) is 0 Å². The molecule has 4 heteroatoms. The Labute approximate surface area is 110 Å². The summed E-state index contributed by atoms with van der Waals surface area (Å²) in [5, 5.41) is 0. The number of aromatic nitrogens is 2. The molecule has 92 valence electrons. The number of imidazole rings is 1. The number of thiazole rings is 1. The molecule has 3 nitrogen and oxygen atoms in total. The van der Waals surface area contributed by atoms with Gasteiger partial charge in [-0.25, -0.2) is 4.98 Å². The van der Waals surface area contributed by atoms with Crippen LogP contribution in [0.1, 0.15) is 16.0 Å². The zero-order valence-electron chi connectivity index (χ0n) is 10.7. The lowest BCUT2D eigenvalue weighted by Gasteiger charge is -2.06. The summed E-state index contributed by atoms with van der Waals surface area (Å²) in [6.45, 7) is 6.37. The Balaban J connectivity index is 2.33. The van der Waals surface area contributed by atoms with E-state index in [2.05, 4.69) is 44.0 Å². The molecule has 2 heterocycles. The van der Waals surface area contributed by atoms with Crippen LogP contribution in [0.3, 0.4) is 0 Å². The molecule has 2 N–H and O–H groups in total. The fourth-order valence-corrected chi connectivity index (χ4v) is 3.18. The smallest absolute Gasteiger partial charge is 0.196 e. The van der Waals surface area contributed by atoms with Crippen molar-refractivity contribution in [2.24, 2.45) is 0 Å². The Morgan fingerprint density at radius 2 is 1.94 bits per heavy atom. The molecular formula is C14H15N3S. The molecule has 0 aliphatic heterocycles. The van der Waals surface area contributed by atoms with Gasteiger partial charge in [0, 0.05) is 10.4 Å². The first-order valence-electron chi connectivity index (χ1n) is 5.88. The van der Waals surface area contributed by atoms with Crippen LogP contribution in [-0.4, -0.2) is 9.38 Å². The number of benzene rings is 1. The number of hydrogen-bond donors (Lipinski definition) is 1. The standard InChI is InChI=1S/C14H15N3S/c1-8-4-5-11(6-9(8)2)13-10(3)18-14-16-7-12(15)17(13)14/h4-7H,15H2,1-3H3. The maximum Gasteiger partial charge on any atom is 0.196 e. The second kappa shape index (κ2) is 3.85. The van der Waals surface area contributed by atoms with E-state index in [4.69, 9.17) is 5.73 Å². The Bertz CT molecular complexity index is 737. The average Bonchev–Trinajstić information content (AvgIpc) is 2.83. The molecule has 0 spiro atoms. The highest BCUT2D eigenvalue weighted by Crippen LogP contribution is 2.33. The van der Waals surface area contributed by atoms with Crippen molar-refractivity contribution in [1.29, 1.82) is 0 Å². The van der Waals surface area contributed by atoms with Crippen LogP contribution in [0.15, 0.2) is 24.4 Å². The highest BCUT2D eigenvalue weighted by atomic mass is 32.1. The largest absolute Gasteiger partial charge is 0.383 e. The van der Waals surface area contributed by atoms with E-state index in [-0.39, 0.29) is 0 Å². The molecule has 0 saturated carbocycles. The molecular weight excluding hydrogens is 242 g/mol. The topological polar surface area (TPSA) is 43.3 Å². The van der Waals surface area contributed by atoms with Crippen molar-refractivity contribution in [1.82, 2.24) is 9.38 Å². The molecule has 0 amide bonds. The van der Waals surface area contributed by atoms with Gasteiger partial charge in [-0.15, -0.1) is 11.3 Å². The Hall–Kier alpha value is -1.81. The molecule has 0 saturated heterocycles. The van der Waals surface area contributed by atoms with Crippen molar-refractivity contribution < 1.29 is 0 Å². The molecule has 0 aliphatic rings. The second-order valence-electron chi connectivity index (χ2n) is 4.61. The minimum atomic E-state index is 0.697. The van der Waals surface area contributed by atoms with Crippen LogP contribution in [0.2, 0.25) is 0 Å². The van der Waals surface area contributed by atoms with Crippen LogP contribution in [-0.2, 0) is 0 Å². The van der Waals surface area contributed by atoms with E-state index < -0.39 is 0 Å². The van der Waals surface area contributed by atoms with Crippen molar-refractivity contribution in [2.45, 2.75) is 20.8 Å². The number of nitrogens with zero attached hydrogens (tertiary/aromatic N) is 2. The minimum Gasteiger partial charge on any atom is -0.383 e. The molecule has 0 aliphatic carbocycles. The zero-order chi connectivity index (χ0) is 12.9. The van der Waals surface area contributed by atoms with Crippen LogP contribution in [0, 0.1) is 20.8 Å². The van der Waals surface area contributed by atoms with Crippen molar-refractivity contribution in [3.8, 4) is 11.3 Å². The van der Waals surface area contributed by atoms with Gasteiger partial charge in [-0.3, -0.25) is 4.40 Å². The van der Waals surface area contributed by atoms with Crippen LogP contribution >= 0.6 is 11.3 Å². The van der Waals surface area contributed by atoms with Gasteiger partial charge in [0.25, 0.3) is 0 Å². The number of aryl methyl sites for hydroxylation is 3. The molecule has 1 aromatic carbocycles. The summed E-state index contributed by atoms with van der Waals surface area (Å²) in [4.78, 5) is 6.52. The normalized spacial score (nSPS) is 11.3. The Morgan fingerprint density at radius 1 is 1.17 bits per heavy atom. The zero-order valence-corrected chi connectivity index (χ0v) is 11.5. The number of fused-ring (bicyclic) bond motifs is 1. The Kier molecular flexibility index (Phi) is 2.41. The van der Waals surface area contributed by atoms with Gasteiger partial charge in [-0.2, -0.15) is 0 Å². The van der Waals surface area contributed by atoms with Crippen molar-refractivity contribution in [2.75, 3.05) is 5.73 Å². The van der Waals surface area contributed by atoms with Crippen LogP contribution in [0.5, 0.6) is 0 Å². The quantitative estimate of drug-likeness (QED) is 0.724. The molecule has 0 bridgehead atoms. The van der Waals surface area contributed by atoms with Crippen LogP contribution < -0.4 is 5.73 Å². The monoisotopic (exact) mass is 257 g/mol. The Morgan fingerprint density at radius 3 is 2.67 bits per heavy atom. The van der Waals surface area contributed by atoms with Gasteiger partial charge in [-0.1, -0.05) is 12.1 Å². The number of nitrogen functional groups attached to an aromatic ring is 1. The van der Waals surface area contributed by atoms with Gasteiger partial charge in [0.1, 0.15) is 5.82 Å². The van der Waals surface area contributed by atoms with Gasteiger partial charge in [0.15, 0.2) is 4.96 Å². The van der Waals surface area contributed by atoms with E-state index in [1.165, 1.54) is 21.6 Å². The molecule has 0 fully saturated rings. The lowest BCUT2D eigenvalue weighted by Crippen LogP contribution is -1.94. The van der Waals surface area contributed by atoms with Gasteiger partial charge < -0.3 is 5.73 Å². The summed E-state index contributed by atoms with van der Waals surface area (Å²) in [6, 6.07) is 6.51. The number of rotatable bonds is 1. The maximum absolute atomic E-state index is 6.00. The summed E-state index contributed by atoms with van der Waals surface area (Å²) in [7, 11) is 0. The first kappa shape index (κ1) is 11.3. The molecule has 3 rings (SSSR count). The molecule has 2 aromatic heterocycles. The first-order chi connectivity index (χ1) is 8.58. The van der Waals surface area contributed by atoms with Gasteiger partial charge >= 0.3 is 0 Å².